The average molecular weight is 328 g/mol. The highest BCUT2D eigenvalue weighted by Gasteiger charge is 2.32. The van der Waals surface area contributed by atoms with Crippen molar-refractivity contribution in [3.63, 3.8) is 0 Å². The fourth-order valence-electron chi connectivity index (χ4n) is 2.75. The Labute approximate surface area is 140 Å². The number of allylic oxidation sites excluding steroid dienone is 1. The van der Waals surface area contributed by atoms with Crippen LogP contribution in [0.5, 0.6) is 0 Å². The zero-order valence-corrected chi connectivity index (χ0v) is 13.9. The highest BCUT2D eigenvalue weighted by Crippen LogP contribution is 2.37. The fourth-order valence-corrected chi connectivity index (χ4v) is 2.94. The fraction of sp³-hybridized carbons (Fsp3) is 0.353. The Morgan fingerprint density at radius 3 is 2.91 bits per heavy atom. The summed E-state index contributed by atoms with van der Waals surface area (Å²) in [4.78, 5) is 8.39. The molecule has 2 aromatic rings. The second-order valence-corrected chi connectivity index (χ2v) is 6.74. The van der Waals surface area contributed by atoms with Crippen LogP contribution in [-0.2, 0) is 0 Å². The molecule has 23 heavy (non-hydrogen) atoms. The number of aromatic nitrogens is 3. The Kier molecular flexibility index (Phi) is 4.10. The van der Waals surface area contributed by atoms with Gasteiger partial charge in [0.15, 0.2) is 0 Å². The van der Waals surface area contributed by atoms with E-state index in [0.717, 1.165) is 12.8 Å². The van der Waals surface area contributed by atoms with E-state index in [1.807, 2.05) is 23.2 Å². The van der Waals surface area contributed by atoms with Gasteiger partial charge in [-0.25, -0.2) is 9.97 Å². The molecular formula is C17H18ClN5. The number of pyridine rings is 1. The van der Waals surface area contributed by atoms with Gasteiger partial charge in [-0.05, 0) is 36.5 Å². The van der Waals surface area contributed by atoms with Crippen molar-refractivity contribution in [2.24, 2.45) is 5.41 Å². The lowest BCUT2D eigenvalue weighted by Gasteiger charge is -2.38. The van der Waals surface area contributed by atoms with Crippen molar-refractivity contribution < 1.29 is 0 Å². The molecule has 1 aliphatic carbocycles. The van der Waals surface area contributed by atoms with Crippen molar-refractivity contribution in [2.75, 3.05) is 5.32 Å². The highest BCUT2D eigenvalue weighted by atomic mass is 35.5. The molecule has 0 aromatic carbocycles. The molecule has 118 valence electrons. The molecule has 1 atom stereocenters. The predicted octanol–water partition coefficient (Wildman–Crippen LogP) is 3.94. The molecule has 2 aromatic heterocycles. The van der Waals surface area contributed by atoms with E-state index in [4.69, 9.17) is 16.9 Å². The van der Waals surface area contributed by atoms with Gasteiger partial charge in [0.25, 0.3) is 0 Å². The number of nitrogens with zero attached hydrogens (tertiary/aromatic N) is 4. The molecule has 5 nitrogen and oxygen atoms in total. The van der Waals surface area contributed by atoms with Gasteiger partial charge >= 0.3 is 0 Å². The summed E-state index contributed by atoms with van der Waals surface area (Å²) < 4.78 is 2.04. The average Bonchev–Trinajstić information content (AvgIpc) is 3.04. The molecule has 1 unspecified atom stereocenters. The van der Waals surface area contributed by atoms with Gasteiger partial charge in [-0.3, -0.25) is 0 Å². The second kappa shape index (κ2) is 6.05. The van der Waals surface area contributed by atoms with Crippen molar-refractivity contribution in [3.05, 3.63) is 47.6 Å². The first-order valence-corrected chi connectivity index (χ1v) is 7.89. The van der Waals surface area contributed by atoms with Gasteiger partial charge in [0.2, 0.25) is 0 Å². The molecule has 3 rings (SSSR count). The van der Waals surface area contributed by atoms with E-state index in [-0.39, 0.29) is 16.6 Å². The summed E-state index contributed by atoms with van der Waals surface area (Å²) in [6.45, 7) is 4.47. The lowest BCUT2D eigenvalue weighted by molar-refractivity contribution is 0.304. The van der Waals surface area contributed by atoms with Gasteiger partial charge in [0, 0.05) is 18.1 Å². The van der Waals surface area contributed by atoms with Crippen molar-refractivity contribution >= 4 is 23.1 Å². The van der Waals surface area contributed by atoms with Gasteiger partial charge in [0.1, 0.15) is 17.0 Å². The maximum atomic E-state index is 8.94. The molecule has 0 bridgehead atoms. The topological polar surface area (TPSA) is 66.5 Å². The summed E-state index contributed by atoms with van der Waals surface area (Å²) >= 11 is 6.03. The molecule has 2 heterocycles. The number of rotatable bonds is 3. The SMILES string of the molecule is CC1(C)CCC(n2ccnc2)=CC1Nc1ccc(C#N)c(Cl)n1. The van der Waals surface area contributed by atoms with E-state index in [9.17, 15) is 0 Å². The van der Waals surface area contributed by atoms with Crippen LogP contribution in [0.15, 0.2) is 36.9 Å². The first kappa shape index (κ1) is 15.6. The minimum absolute atomic E-state index is 0.0894. The standard InChI is InChI=1S/C17H18ClN5/c1-17(2)6-5-13(23-8-7-20-11-23)9-14(17)21-15-4-3-12(10-19)16(18)22-15/h3-4,7-9,11,14H,5-6H2,1-2H3,(H,21,22). The van der Waals surface area contributed by atoms with Crippen LogP contribution in [0, 0.1) is 16.7 Å². The van der Waals surface area contributed by atoms with E-state index in [2.05, 4.69) is 35.2 Å². The van der Waals surface area contributed by atoms with Crippen molar-refractivity contribution in [1.82, 2.24) is 14.5 Å². The molecule has 0 spiro atoms. The number of nitrogens with one attached hydrogen (secondary N) is 1. The van der Waals surface area contributed by atoms with Crippen molar-refractivity contribution in [1.29, 1.82) is 5.26 Å². The first-order chi connectivity index (χ1) is 11.0. The molecule has 0 radical (unpaired) electrons. The van der Waals surface area contributed by atoms with E-state index in [1.54, 1.807) is 18.3 Å². The maximum Gasteiger partial charge on any atom is 0.149 e. The number of halogens is 1. The van der Waals surface area contributed by atoms with Crippen LogP contribution in [0.1, 0.15) is 32.3 Å². The Hall–Kier alpha value is -2.32. The summed E-state index contributed by atoms with van der Waals surface area (Å²) in [6.07, 6.45) is 9.84. The van der Waals surface area contributed by atoms with Crippen LogP contribution in [0.4, 0.5) is 5.82 Å². The minimum Gasteiger partial charge on any atom is -0.363 e. The lowest BCUT2D eigenvalue weighted by atomic mass is 9.75. The molecule has 6 heteroatoms. The molecule has 0 amide bonds. The Morgan fingerprint density at radius 1 is 1.43 bits per heavy atom. The second-order valence-electron chi connectivity index (χ2n) is 6.39. The molecule has 0 saturated heterocycles. The summed E-state index contributed by atoms with van der Waals surface area (Å²) in [7, 11) is 0. The molecule has 1 aliphatic rings. The van der Waals surface area contributed by atoms with E-state index >= 15 is 0 Å². The largest absolute Gasteiger partial charge is 0.363 e. The maximum absolute atomic E-state index is 8.94. The number of hydrogen-bond donors (Lipinski definition) is 1. The molecule has 1 N–H and O–H groups in total. The van der Waals surface area contributed by atoms with Crippen LogP contribution in [0.3, 0.4) is 0 Å². The van der Waals surface area contributed by atoms with Gasteiger partial charge < -0.3 is 9.88 Å². The smallest absolute Gasteiger partial charge is 0.149 e. The highest BCUT2D eigenvalue weighted by molar-refractivity contribution is 6.30. The zero-order valence-electron chi connectivity index (χ0n) is 13.1. The number of anilines is 1. The van der Waals surface area contributed by atoms with Crippen LogP contribution in [0.25, 0.3) is 5.70 Å². The number of nitriles is 1. The minimum atomic E-state index is 0.0894. The van der Waals surface area contributed by atoms with Gasteiger partial charge in [-0.1, -0.05) is 25.4 Å². The molecule has 0 fully saturated rings. The van der Waals surface area contributed by atoms with Gasteiger partial charge in [-0.2, -0.15) is 5.26 Å². The lowest BCUT2D eigenvalue weighted by Crippen LogP contribution is -2.38. The van der Waals surface area contributed by atoms with Crippen LogP contribution in [0.2, 0.25) is 5.15 Å². The normalized spacial score (nSPS) is 19.7. The summed E-state index contributed by atoms with van der Waals surface area (Å²) in [5.41, 5.74) is 1.69. The van der Waals surface area contributed by atoms with Gasteiger partial charge in [0.05, 0.1) is 17.9 Å². The third-order valence-corrected chi connectivity index (χ3v) is 4.62. The zero-order chi connectivity index (χ0) is 16.4. The predicted molar refractivity (Wildman–Crippen MR) is 90.9 cm³/mol. The van der Waals surface area contributed by atoms with Crippen LogP contribution < -0.4 is 5.32 Å². The Bertz CT molecular complexity index is 771. The van der Waals surface area contributed by atoms with Crippen molar-refractivity contribution in [2.45, 2.75) is 32.7 Å². The summed E-state index contributed by atoms with van der Waals surface area (Å²) in [6, 6.07) is 5.62. The Balaban J connectivity index is 1.88. The van der Waals surface area contributed by atoms with E-state index in [1.165, 1.54) is 5.70 Å². The van der Waals surface area contributed by atoms with E-state index in [0.29, 0.717) is 11.4 Å². The quantitative estimate of drug-likeness (QED) is 0.867. The third kappa shape index (κ3) is 3.22. The first-order valence-electron chi connectivity index (χ1n) is 7.52. The number of hydrogen-bond acceptors (Lipinski definition) is 4. The van der Waals surface area contributed by atoms with E-state index < -0.39 is 0 Å². The molecule has 0 saturated carbocycles. The van der Waals surface area contributed by atoms with Gasteiger partial charge in [-0.15, -0.1) is 0 Å². The Morgan fingerprint density at radius 2 is 2.26 bits per heavy atom. The third-order valence-electron chi connectivity index (χ3n) is 4.34. The monoisotopic (exact) mass is 327 g/mol. The number of imidazole rings is 1. The van der Waals surface area contributed by atoms with Crippen LogP contribution in [-0.4, -0.2) is 20.6 Å². The van der Waals surface area contributed by atoms with Crippen LogP contribution >= 0.6 is 11.6 Å². The summed E-state index contributed by atoms with van der Waals surface area (Å²) in [5.74, 6) is 0.676. The molecular weight excluding hydrogens is 310 g/mol. The summed E-state index contributed by atoms with van der Waals surface area (Å²) in [5, 5.41) is 12.6. The van der Waals surface area contributed by atoms with Crippen molar-refractivity contribution in [3.8, 4) is 6.07 Å². The molecule has 0 aliphatic heterocycles.